The maximum Gasteiger partial charge on any atom is 0.573 e. The van der Waals surface area contributed by atoms with E-state index < -0.39 is 29.3 Å². The molecule has 0 bridgehead atoms. The van der Waals surface area contributed by atoms with Gasteiger partial charge < -0.3 is 24.5 Å². The van der Waals surface area contributed by atoms with Crippen LogP contribution in [0.2, 0.25) is 0 Å². The average molecular weight is 472 g/mol. The zero-order valence-electron chi connectivity index (χ0n) is 17.7. The van der Waals surface area contributed by atoms with E-state index >= 15 is 0 Å². The highest BCUT2D eigenvalue weighted by Gasteiger charge is 2.32. The molecular weight excluding hydrogens is 449 g/mol. The molecule has 2 heterocycles. The van der Waals surface area contributed by atoms with Crippen molar-refractivity contribution in [2.45, 2.75) is 19.5 Å². The molecule has 1 saturated heterocycles. The molecule has 33 heavy (non-hydrogen) atoms. The van der Waals surface area contributed by atoms with Crippen LogP contribution in [-0.2, 0) is 17.8 Å². The predicted molar refractivity (Wildman–Crippen MR) is 109 cm³/mol. The third-order valence-corrected chi connectivity index (χ3v) is 4.95. The molecule has 2 N–H and O–H groups in total. The highest BCUT2D eigenvalue weighted by Crippen LogP contribution is 2.30. The molecule has 0 radical (unpaired) electrons. The molecule has 1 aromatic carbocycles. The fourth-order valence-electron chi connectivity index (χ4n) is 3.22. The summed E-state index contributed by atoms with van der Waals surface area (Å²) >= 11 is 0. The van der Waals surface area contributed by atoms with Crippen LogP contribution in [0.1, 0.15) is 16.1 Å². The number of H-pyrrole nitrogens is 1. The third-order valence-electron chi connectivity index (χ3n) is 4.95. The van der Waals surface area contributed by atoms with Crippen LogP contribution in [0.4, 0.5) is 13.2 Å². The van der Waals surface area contributed by atoms with E-state index in [1.807, 2.05) is 4.90 Å². The largest absolute Gasteiger partial charge is 0.573 e. The predicted octanol–water partition coefficient (Wildman–Crippen LogP) is 0.706. The van der Waals surface area contributed by atoms with Gasteiger partial charge in [0, 0.05) is 50.4 Å². The van der Waals surface area contributed by atoms with Crippen molar-refractivity contribution in [3.63, 3.8) is 0 Å². The molecular formula is C20H23F3N4O6. The van der Waals surface area contributed by atoms with E-state index in [1.165, 1.54) is 19.2 Å². The summed E-state index contributed by atoms with van der Waals surface area (Å²) in [5.41, 5.74) is -1.71. The molecule has 1 aliphatic heterocycles. The molecule has 1 fully saturated rings. The lowest BCUT2D eigenvalue weighted by Gasteiger charge is -2.26. The van der Waals surface area contributed by atoms with Crippen molar-refractivity contribution in [1.29, 1.82) is 0 Å². The standard InChI is InChI=1S/C20H23F3N4O6/c1-31-14-3-2-13(16(10-14)33-20(21,22)23)12-24-18(29)15-11-17(28)27(19(30)25-15)5-4-26-6-8-32-9-7-26/h2-3,10-11H,4-9,12H2,1H3,(H,24,29)(H,25,30). The van der Waals surface area contributed by atoms with Crippen molar-refractivity contribution in [3.05, 3.63) is 56.4 Å². The Hall–Kier alpha value is -3.32. The summed E-state index contributed by atoms with van der Waals surface area (Å²) in [6, 6.07) is 4.71. The number of nitrogens with one attached hydrogen (secondary N) is 2. The number of alkyl halides is 3. The molecule has 0 aliphatic carbocycles. The molecule has 2 aromatic rings. The number of hydrogen-bond acceptors (Lipinski definition) is 7. The van der Waals surface area contributed by atoms with Gasteiger partial charge in [-0.1, -0.05) is 0 Å². The summed E-state index contributed by atoms with van der Waals surface area (Å²) in [6.45, 7) is 2.80. The number of methoxy groups -OCH3 is 1. The molecule has 1 amide bonds. The molecule has 0 saturated carbocycles. The Balaban J connectivity index is 1.68. The van der Waals surface area contributed by atoms with Gasteiger partial charge in [-0.2, -0.15) is 0 Å². The van der Waals surface area contributed by atoms with Crippen LogP contribution in [0, 0.1) is 0 Å². The fraction of sp³-hybridized carbons (Fsp3) is 0.450. The lowest BCUT2D eigenvalue weighted by atomic mass is 10.2. The van der Waals surface area contributed by atoms with Gasteiger partial charge >= 0.3 is 12.1 Å². The first-order valence-electron chi connectivity index (χ1n) is 10.0. The minimum absolute atomic E-state index is 0.0164. The monoisotopic (exact) mass is 472 g/mol. The van der Waals surface area contributed by atoms with E-state index in [2.05, 4.69) is 15.0 Å². The number of hydrogen-bond donors (Lipinski definition) is 2. The van der Waals surface area contributed by atoms with Crippen molar-refractivity contribution in [2.75, 3.05) is 40.0 Å². The number of aromatic amines is 1. The first kappa shape index (κ1) is 24.3. The minimum atomic E-state index is -4.94. The zero-order chi connectivity index (χ0) is 24.0. The second-order valence-electron chi connectivity index (χ2n) is 7.14. The van der Waals surface area contributed by atoms with Gasteiger partial charge in [-0.25, -0.2) is 4.79 Å². The number of ether oxygens (including phenoxy) is 3. The maximum atomic E-state index is 12.7. The average Bonchev–Trinajstić information content (AvgIpc) is 2.77. The number of amides is 1. The Morgan fingerprint density at radius 2 is 1.91 bits per heavy atom. The first-order valence-corrected chi connectivity index (χ1v) is 10.0. The normalized spacial score (nSPS) is 14.7. The van der Waals surface area contributed by atoms with E-state index in [4.69, 9.17) is 9.47 Å². The Labute approximate surface area is 185 Å². The van der Waals surface area contributed by atoms with Crippen molar-refractivity contribution < 1.29 is 32.2 Å². The lowest BCUT2D eigenvalue weighted by molar-refractivity contribution is -0.274. The number of halogens is 3. The van der Waals surface area contributed by atoms with Crippen molar-refractivity contribution >= 4 is 5.91 Å². The number of nitrogens with zero attached hydrogens (tertiary/aromatic N) is 2. The van der Waals surface area contributed by atoms with E-state index in [0.717, 1.165) is 16.7 Å². The topological polar surface area (TPSA) is 115 Å². The van der Waals surface area contributed by atoms with Crippen LogP contribution in [-0.4, -0.2) is 66.7 Å². The molecule has 0 spiro atoms. The van der Waals surface area contributed by atoms with Gasteiger partial charge in [-0.15, -0.1) is 13.2 Å². The molecule has 1 aliphatic rings. The number of aromatic nitrogens is 2. The van der Waals surface area contributed by atoms with E-state index in [-0.39, 0.29) is 30.1 Å². The van der Waals surface area contributed by atoms with Gasteiger partial charge in [0.2, 0.25) is 0 Å². The van der Waals surface area contributed by atoms with Crippen LogP contribution in [0.3, 0.4) is 0 Å². The van der Waals surface area contributed by atoms with Gasteiger partial charge in [0.1, 0.15) is 17.2 Å². The highest BCUT2D eigenvalue weighted by molar-refractivity contribution is 5.92. The Morgan fingerprint density at radius 1 is 1.18 bits per heavy atom. The second kappa shape index (κ2) is 10.5. The summed E-state index contributed by atoms with van der Waals surface area (Å²) in [5, 5.41) is 2.37. The molecule has 3 rings (SSSR count). The number of morpholine rings is 1. The Bertz CT molecular complexity index is 1060. The molecule has 10 nitrogen and oxygen atoms in total. The van der Waals surface area contributed by atoms with Gasteiger partial charge in [0.25, 0.3) is 11.5 Å². The summed E-state index contributed by atoms with van der Waals surface area (Å²) in [5.74, 6) is -1.25. The van der Waals surface area contributed by atoms with Gasteiger partial charge in [0.05, 0.1) is 20.3 Å². The van der Waals surface area contributed by atoms with Crippen molar-refractivity contribution in [3.8, 4) is 11.5 Å². The second-order valence-corrected chi connectivity index (χ2v) is 7.14. The van der Waals surface area contributed by atoms with Crippen LogP contribution in [0.25, 0.3) is 0 Å². The SMILES string of the molecule is COc1ccc(CNC(=O)c2cc(=O)n(CCN3CCOCC3)c(=O)[nH]2)c(OC(F)(F)F)c1. The fourth-order valence-corrected chi connectivity index (χ4v) is 3.22. The van der Waals surface area contributed by atoms with Crippen LogP contribution < -0.4 is 26.0 Å². The van der Waals surface area contributed by atoms with Gasteiger partial charge in [-0.3, -0.25) is 19.1 Å². The smallest absolute Gasteiger partial charge is 0.497 e. The summed E-state index contributed by atoms with van der Waals surface area (Å²) < 4.78 is 53.2. The lowest BCUT2D eigenvalue weighted by Crippen LogP contribution is -2.43. The summed E-state index contributed by atoms with van der Waals surface area (Å²) in [4.78, 5) is 41.5. The van der Waals surface area contributed by atoms with E-state index in [9.17, 15) is 27.6 Å². The maximum absolute atomic E-state index is 12.7. The van der Waals surface area contributed by atoms with Gasteiger partial charge in [-0.05, 0) is 12.1 Å². The summed E-state index contributed by atoms with van der Waals surface area (Å²) in [6.07, 6.45) is -4.94. The van der Waals surface area contributed by atoms with E-state index in [1.54, 1.807) is 0 Å². The van der Waals surface area contributed by atoms with Crippen LogP contribution in [0.15, 0.2) is 33.9 Å². The van der Waals surface area contributed by atoms with Crippen molar-refractivity contribution in [1.82, 2.24) is 19.8 Å². The molecule has 0 unspecified atom stereocenters. The molecule has 13 heteroatoms. The third kappa shape index (κ3) is 6.83. The highest BCUT2D eigenvalue weighted by atomic mass is 19.4. The summed E-state index contributed by atoms with van der Waals surface area (Å²) in [7, 11) is 1.29. The number of rotatable bonds is 8. The van der Waals surface area contributed by atoms with Gasteiger partial charge in [0.15, 0.2) is 0 Å². The minimum Gasteiger partial charge on any atom is -0.497 e. The number of carbonyl (C=O) groups excluding carboxylic acids is 1. The number of benzene rings is 1. The molecule has 180 valence electrons. The van der Waals surface area contributed by atoms with E-state index in [0.29, 0.717) is 32.8 Å². The zero-order valence-corrected chi connectivity index (χ0v) is 17.7. The van der Waals surface area contributed by atoms with Crippen molar-refractivity contribution in [2.24, 2.45) is 0 Å². The van der Waals surface area contributed by atoms with Crippen LogP contribution >= 0.6 is 0 Å². The van der Waals surface area contributed by atoms with Crippen LogP contribution in [0.5, 0.6) is 11.5 Å². The molecule has 0 atom stereocenters. The Kier molecular flexibility index (Phi) is 7.76. The first-order chi connectivity index (χ1) is 15.7. The quantitative estimate of drug-likeness (QED) is 0.582. The molecule has 1 aromatic heterocycles. The number of carbonyl (C=O) groups is 1. The Morgan fingerprint density at radius 3 is 2.55 bits per heavy atom.